The number of rotatable bonds is 2. The maximum Gasteiger partial charge on any atom is 0.320 e. The molecule has 0 aromatic rings. The monoisotopic (exact) mass is 193 g/mol. The predicted molar refractivity (Wildman–Crippen MR) is 49.7 cm³/mol. The van der Waals surface area contributed by atoms with E-state index >= 15 is 0 Å². The molecule has 0 aromatic heterocycles. The Balaban J connectivity index is 0.00000121. The highest BCUT2D eigenvalue weighted by molar-refractivity contribution is 5.85. The number of aliphatic carboxylic acids is 1. The molecular weight excluding hydrogens is 178 g/mol. The smallest absolute Gasteiger partial charge is 0.320 e. The van der Waals surface area contributed by atoms with Crippen LogP contribution in [-0.4, -0.2) is 23.7 Å². The second-order valence-corrected chi connectivity index (χ2v) is 3.14. The van der Waals surface area contributed by atoms with Crippen molar-refractivity contribution >= 4 is 18.4 Å². The Morgan fingerprint density at radius 2 is 2.33 bits per heavy atom. The van der Waals surface area contributed by atoms with E-state index < -0.39 is 5.97 Å². The van der Waals surface area contributed by atoms with Gasteiger partial charge in [0.2, 0.25) is 0 Å². The molecule has 12 heavy (non-hydrogen) atoms. The SMILES string of the molecule is CCC1CCNC(C(=O)O)C1.Cl. The first-order valence-electron chi connectivity index (χ1n) is 4.20. The molecule has 0 bridgehead atoms. The zero-order chi connectivity index (χ0) is 8.27. The number of carboxylic acids is 1. The van der Waals surface area contributed by atoms with Crippen molar-refractivity contribution in [2.75, 3.05) is 6.54 Å². The molecule has 2 atom stereocenters. The molecule has 1 heterocycles. The Hall–Kier alpha value is -0.280. The van der Waals surface area contributed by atoms with Crippen molar-refractivity contribution in [3.63, 3.8) is 0 Å². The van der Waals surface area contributed by atoms with Crippen molar-refractivity contribution in [1.82, 2.24) is 5.32 Å². The molecule has 2 N–H and O–H groups in total. The second kappa shape index (κ2) is 5.38. The molecule has 0 aromatic carbocycles. The summed E-state index contributed by atoms with van der Waals surface area (Å²) in [5.41, 5.74) is 0. The molecule has 0 amide bonds. The van der Waals surface area contributed by atoms with E-state index in [4.69, 9.17) is 5.11 Å². The van der Waals surface area contributed by atoms with E-state index in [9.17, 15) is 4.79 Å². The molecule has 0 aliphatic carbocycles. The third-order valence-electron chi connectivity index (χ3n) is 2.39. The first-order chi connectivity index (χ1) is 5.24. The summed E-state index contributed by atoms with van der Waals surface area (Å²) in [5.74, 6) is -0.0968. The van der Waals surface area contributed by atoms with Gasteiger partial charge >= 0.3 is 5.97 Å². The van der Waals surface area contributed by atoms with Gasteiger partial charge in [0, 0.05) is 0 Å². The van der Waals surface area contributed by atoms with Crippen molar-refractivity contribution in [1.29, 1.82) is 0 Å². The van der Waals surface area contributed by atoms with Crippen LogP contribution in [0.1, 0.15) is 26.2 Å². The van der Waals surface area contributed by atoms with Crippen LogP contribution in [0.3, 0.4) is 0 Å². The minimum absolute atomic E-state index is 0. The minimum atomic E-state index is -0.705. The third kappa shape index (κ3) is 2.99. The Morgan fingerprint density at radius 1 is 1.67 bits per heavy atom. The van der Waals surface area contributed by atoms with Crippen LogP contribution in [0.15, 0.2) is 0 Å². The molecule has 1 rings (SSSR count). The van der Waals surface area contributed by atoms with E-state index in [0.29, 0.717) is 5.92 Å². The fraction of sp³-hybridized carbons (Fsp3) is 0.875. The van der Waals surface area contributed by atoms with Gasteiger partial charge in [-0.15, -0.1) is 12.4 Å². The molecule has 1 saturated heterocycles. The molecule has 1 aliphatic heterocycles. The predicted octanol–water partition coefficient (Wildman–Crippen LogP) is 1.27. The van der Waals surface area contributed by atoms with E-state index in [1.165, 1.54) is 0 Å². The van der Waals surface area contributed by atoms with Crippen LogP contribution in [0.2, 0.25) is 0 Å². The summed E-state index contributed by atoms with van der Waals surface area (Å²) in [6.45, 7) is 2.98. The van der Waals surface area contributed by atoms with Crippen LogP contribution in [-0.2, 0) is 4.79 Å². The summed E-state index contributed by atoms with van der Waals surface area (Å²) in [6, 6.07) is -0.298. The summed E-state index contributed by atoms with van der Waals surface area (Å²) < 4.78 is 0. The molecule has 0 radical (unpaired) electrons. The Morgan fingerprint density at radius 3 is 2.83 bits per heavy atom. The van der Waals surface area contributed by atoms with E-state index in [2.05, 4.69) is 12.2 Å². The maximum absolute atomic E-state index is 10.6. The third-order valence-corrected chi connectivity index (χ3v) is 2.39. The largest absolute Gasteiger partial charge is 0.480 e. The number of hydrogen-bond acceptors (Lipinski definition) is 2. The van der Waals surface area contributed by atoms with Crippen LogP contribution >= 0.6 is 12.4 Å². The molecule has 0 saturated carbocycles. The van der Waals surface area contributed by atoms with Crippen molar-refractivity contribution in [2.24, 2.45) is 5.92 Å². The van der Waals surface area contributed by atoms with Gasteiger partial charge in [0.25, 0.3) is 0 Å². The lowest BCUT2D eigenvalue weighted by Crippen LogP contribution is -2.43. The van der Waals surface area contributed by atoms with Gasteiger partial charge in [-0.25, -0.2) is 0 Å². The highest BCUT2D eigenvalue weighted by Crippen LogP contribution is 2.18. The van der Waals surface area contributed by atoms with E-state index in [1.807, 2.05) is 0 Å². The van der Waals surface area contributed by atoms with Gasteiger partial charge in [0.1, 0.15) is 6.04 Å². The van der Waals surface area contributed by atoms with Crippen LogP contribution in [0.25, 0.3) is 0 Å². The van der Waals surface area contributed by atoms with Gasteiger partial charge in [-0.3, -0.25) is 4.79 Å². The van der Waals surface area contributed by atoms with Crippen LogP contribution in [0.4, 0.5) is 0 Å². The molecule has 1 fully saturated rings. The first kappa shape index (κ1) is 11.7. The lowest BCUT2D eigenvalue weighted by Gasteiger charge is -2.26. The molecule has 0 spiro atoms. The molecule has 72 valence electrons. The van der Waals surface area contributed by atoms with Gasteiger partial charge in [0.05, 0.1) is 0 Å². The number of piperidine rings is 1. The molecule has 3 nitrogen and oxygen atoms in total. The highest BCUT2D eigenvalue weighted by atomic mass is 35.5. The standard InChI is InChI=1S/C8H15NO2.ClH/c1-2-6-3-4-9-7(5-6)8(10)11;/h6-7,9H,2-5H2,1H3,(H,10,11);1H. The van der Waals surface area contributed by atoms with Crippen molar-refractivity contribution in [3.8, 4) is 0 Å². The average molecular weight is 194 g/mol. The lowest BCUT2D eigenvalue weighted by atomic mass is 9.90. The first-order valence-corrected chi connectivity index (χ1v) is 4.20. The minimum Gasteiger partial charge on any atom is -0.480 e. The summed E-state index contributed by atoms with van der Waals surface area (Å²) >= 11 is 0. The quantitative estimate of drug-likeness (QED) is 0.695. The lowest BCUT2D eigenvalue weighted by molar-refractivity contribution is -0.140. The zero-order valence-corrected chi connectivity index (χ0v) is 8.06. The van der Waals surface area contributed by atoms with Gasteiger partial charge < -0.3 is 10.4 Å². The number of carboxylic acid groups (broad SMARTS) is 1. The Labute approximate surface area is 78.9 Å². The van der Waals surface area contributed by atoms with Crippen molar-refractivity contribution in [3.05, 3.63) is 0 Å². The van der Waals surface area contributed by atoms with Crippen molar-refractivity contribution < 1.29 is 9.90 Å². The molecular formula is C8H16ClNO2. The highest BCUT2D eigenvalue weighted by Gasteiger charge is 2.24. The Bertz CT molecular complexity index is 152. The van der Waals surface area contributed by atoms with Crippen LogP contribution < -0.4 is 5.32 Å². The van der Waals surface area contributed by atoms with Crippen molar-refractivity contribution in [2.45, 2.75) is 32.2 Å². The number of halogens is 1. The van der Waals surface area contributed by atoms with Gasteiger partial charge in [-0.05, 0) is 25.3 Å². The van der Waals surface area contributed by atoms with E-state index in [0.717, 1.165) is 25.8 Å². The molecule has 2 unspecified atom stereocenters. The number of nitrogens with one attached hydrogen (secondary N) is 1. The fourth-order valence-electron chi connectivity index (χ4n) is 1.56. The summed E-state index contributed by atoms with van der Waals surface area (Å²) in [4.78, 5) is 10.6. The van der Waals surface area contributed by atoms with Crippen LogP contribution in [0, 0.1) is 5.92 Å². The van der Waals surface area contributed by atoms with Gasteiger partial charge in [-0.2, -0.15) is 0 Å². The summed E-state index contributed by atoms with van der Waals surface area (Å²) in [6.07, 6.45) is 3.03. The average Bonchev–Trinajstić information content (AvgIpc) is 2.05. The molecule has 1 aliphatic rings. The summed E-state index contributed by atoms with van der Waals surface area (Å²) in [7, 11) is 0. The van der Waals surface area contributed by atoms with E-state index in [1.54, 1.807) is 0 Å². The van der Waals surface area contributed by atoms with Gasteiger partial charge in [0.15, 0.2) is 0 Å². The van der Waals surface area contributed by atoms with E-state index in [-0.39, 0.29) is 18.4 Å². The topological polar surface area (TPSA) is 49.3 Å². The zero-order valence-electron chi connectivity index (χ0n) is 7.25. The summed E-state index contributed by atoms with van der Waals surface area (Å²) in [5, 5.41) is 11.7. The molecule has 4 heteroatoms. The fourth-order valence-corrected chi connectivity index (χ4v) is 1.56. The van der Waals surface area contributed by atoms with Crippen LogP contribution in [0.5, 0.6) is 0 Å². The Kier molecular flexibility index (Phi) is 5.25. The van der Waals surface area contributed by atoms with Gasteiger partial charge in [-0.1, -0.05) is 13.3 Å². The number of carbonyl (C=O) groups is 1. The number of hydrogen-bond donors (Lipinski definition) is 2. The second-order valence-electron chi connectivity index (χ2n) is 3.14. The normalized spacial score (nSPS) is 29.1. The maximum atomic E-state index is 10.6.